The molecule has 0 aliphatic heterocycles. The number of benzene rings is 2. The summed E-state index contributed by atoms with van der Waals surface area (Å²) in [5.74, 6) is 0.0196. The molecule has 0 saturated heterocycles. The lowest BCUT2D eigenvalue weighted by molar-refractivity contribution is 0.102. The zero-order valence-electron chi connectivity index (χ0n) is 14.4. The van der Waals surface area contributed by atoms with Gasteiger partial charge in [0.2, 0.25) is 10.0 Å². The monoisotopic (exact) mass is 394 g/mol. The molecule has 6 nitrogen and oxygen atoms in total. The zero-order valence-corrected chi connectivity index (χ0v) is 15.9. The van der Waals surface area contributed by atoms with Crippen LogP contribution in [-0.4, -0.2) is 27.5 Å². The number of hydrogen-bond acceptors (Lipinski definition) is 4. The summed E-state index contributed by atoms with van der Waals surface area (Å²) in [6, 6.07) is 9.36. The van der Waals surface area contributed by atoms with Crippen molar-refractivity contribution >= 4 is 33.2 Å². The molecule has 1 amide bonds. The van der Waals surface area contributed by atoms with E-state index >= 15 is 0 Å². The maximum atomic E-state index is 12.7. The summed E-state index contributed by atoms with van der Waals surface area (Å²) in [5, 5.41) is 3.17. The van der Waals surface area contributed by atoms with Crippen LogP contribution in [0.5, 0.6) is 5.75 Å². The van der Waals surface area contributed by atoms with Gasteiger partial charge in [0.05, 0.1) is 17.7 Å². The Labute approximate surface area is 157 Å². The molecular weight excluding hydrogens is 376 g/mol. The number of anilines is 1. The minimum absolute atomic E-state index is 0.00528. The molecule has 1 aliphatic rings. The van der Waals surface area contributed by atoms with E-state index < -0.39 is 15.9 Å². The third kappa shape index (κ3) is 4.17. The normalized spacial score (nSPS) is 14.1. The van der Waals surface area contributed by atoms with Crippen LogP contribution in [0.2, 0.25) is 5.02 Å². The first-order valence-electron chi connectivity index (χ1n) is 8.08. The molecule has 8 heteroatoms. The molecule has 0 aromatic heterocycles. The number of carbonyl (C=O) groups excluding carboxylic acids is 1. The van der Waals surface area contributed by atoms with Crippen LogP contribution in [0.4, 0.5) is 5.69 Å². The molecule has 2 N–H and O–H groups in total. The fourth-order valence-electron chi connectivity index (χ4n) is 2.47. The molecule has 2 aromatic carbocycles. The van der Waals surface area contributed by atoms with E-state index in [1.54, 1.807) is 31.2 Å². The highest BCUT2D eigenvalue weighted by molar-refractivity contribution is 7.89. The Morgan fingerprint density at radius 2 is 1.92 bits per heavy atom. The molecule has 0 atom stereocenters. The highest BCUT2D eigenvalue weighted by atomic mass is 35.5. The largest absolute Gasteiger partial charge is 0.495 e. The Morgan fingerprint density at radius 3 is 2.58 bits per heavy atom. The quantitative estimate of drug-likeness (QED) is 0.786. The molecule has 0 spiro atoms. The molecule has 0 unspecified atom stereocenters. The first kappa shape index (κ1) is 18.7. The van der Waals surface area contributed by atoms with Crippen LogP contribution in [0.1, 0.15) is 28.8 Å². The Hall–Kier alpha value is -2.09. The van der Waals surface area contributed by atoms with Crippen molar-refractivity contribution in [3.63, 3.8) is 0 Å². The standard InChI is InChI=1S/C18H19ClN2O4S/c1-11-3-7-14(26(23,24)21-13-5-6-13)10-15(11)18(22)20-16-9-12(19)4-8-17(16)25-2/h3-4,7-10,13,21H,5-6H2,1-2H3,(H,20,22). The van der Waals surface area contributed by atoms with Gasteiger partial charge in [-0.05, 0) is 55.7 Å². The highest BCUT2D eigenvalue weighted by Crippen LogP contribution is 2.29. The number of sulfonamides is 1. The van der Waals surface area contributed by atoms with E-state index in [-0.39, 0.29) is 16.5 Å². The number of hydrogen-bond donors (Lipinski definition) is 2. The Balaban J connectivity index is 1.90. The van der Waals surface area contributed by atoms with Crippen LogP contribution in [0.3, 0.4) is 0 Å². The lowest BCUT2D eigenvalue weighted by atomic mass is 10.1. The fourth-order valence-corrected chi connectivity index (χ4v) is 3.97. The number of ether oxygens (including phenoxy) is 1. The van der Waals surface area contributed by atoms with Crippen molar-refractivity contribution in [2.75, 3.05) is 12.4 Å². The van der Waals surface area contributed by atoms with Gasteiger partial charge in [-0.3, -0.25) is 4.79 Å². The maximum Gasteiger partial charge on any atom is 0.256 e. The third-order valence-electron chi connectivity index (χ3n) is 4.07. The number of aryl methyl sites for hydroxylation is 1. The van der Waals surface area contributed by atoms with Crippen LogP contribution in [0.15, 0.2) is 41.3 Å². The van der Waals surface area contributed by atoms with Gasteiger partial charge in [0.25, 0.3) is 5.91 Å². The average molecular weight is 395 g/mol. The first-order chi connectivity index (χ1) is 12.3. The Kier molecular flexibility index (Phi) is 5.22. The number of nitrogens with one attached hydrogen (secondary N) is 2. The smallest absolute Gasteiger partial charge is 0.256 e. The van der Waals surface area contributed by atoms with Crippen molar-refractivity contribution in [2.24, 2.45) is 0 Å². The second kappa shape index (κ2) is 7.26. The van der Waals surface area contributed by atoms with Crippen molar-refractivity contribution in [3.8, 4) is 5.75 Å². The maximum absolute atomic E-state index is 12.7. The number of rotatable bonds is 6. The van der Waals surface area contributed by atoms with Crippen LogP contribution in [0, 0.1) is 6.92 Å². The number of amides is 1. The molecule has 138 valence electrons. The van der Waals surface area contributed by atoms with E-state index in [2.05, 4.69) is 10.0 Å². The van der Waals surface area contributed by atoms with Crippen molar-refractivity contribution in [2.45, 2.75) is 30.7 Å². The Bertz CT molecular complexity index is 956. The van der Waals surface area contributed by atoms with Gasteiger partial charge in [-0.15, -0.1) is 0 Å². The minimum atomic E-state index is -3.64. The molecule has 26 heavy (non-hydrogen) atoms. The van der Waals surface area contributed by atoms with Crippen LogP contribution in [0.25, 0.3) is 0 Å². The van der Waals surface area contributed by atoms with Crippen LogP contribution < -0.4 is 14.8 Å². The van der Waals surface area contributed by atoms with E-state index in [4.69, 9.17) is 16.3 Å². The van der Waals surface area contributed by atoms with E-state index in [0.717, 1.165) is 12.8 Å². The van der Waals surface area contributed by atoms with Gasteiger partial charge in [-0.25, -0.2) is 13.1 Å². The first-order valence-corrected chi connectivity index (χ1v) is 9.94. The second-order valence-corrected chi connectivity index (χ2v) is 8.32. The summed E-state index contributed by atoms with van der Waals surface area (Å²) in [4.78, 5) is 12.8. The van der Waals surface area contributed by atoms with Crippen LogP contribution in [-0.2, 0) is 10.0 Å². The molecular formula is C18H19ClN2O4S. The molecule has 3 rings (SSSR count). The van der Waals surface area contributed by atoms with Crippen molar-refractivity contribution in [3.05, 3.63) is 52.5 Å². The number of carbonyl (C=O) groups is 1. The van der Waals surface area contributed by atoms with Crippen molar-refractivity contribution < 1.29 is 17.9 Å². The molecule has 2 aromatic rings. The van der Waals surface area contributed by atoms with Crippen molar-refractivity contribution in [1.82, 2.24) is 4.72 Å². The summed E-state index contributed by atoms with van der Waals surface area (Å²) in [6.45, 7) is 1.74. The molecule has 0 bridgehead atoms. The van der Waals surface area contributed by atoms with Gasteiger partial charge in [0.1, 0.15) is 5.75 Å². The zero-order chi connectivity index (χ0) is 18.9. The molecule has 0 radical (unpaired) electrons. The van der Waals surface area contributed by atoms with E-state index in [1.165, 1.54) is 19.2 Å². The lowest BCUT2D eigenvalue weighted by Gasteiger charge is -2.13. The predicted octanol–water partition coefficient (Wildman–Crippen LogP) is 3.35. The molecule has 1 fully saturated rings. The molecule has 1 saturated carbocycles. The van der Waals surface area contributed by atoms with Gasteiger partial charge >= 0.3 is 0 Å². The summed E-state index contributed by atoms with van der Waals surface area (Å²) in [7, 11) is -2.15. The van der Waals surface area contributed by atoms with Gasteiger partial charge in [-0.1, -0.05) is 17.7 Å². The molecule has 0 heterocycles. The summed E-state index contributed by atoms with van der Waals surface area (Å²) in [5.41, 5.74) is 1.34. The van der Waals surface area contributed by atoms with E-state index in [1.807, 2.05) is 0 Å². The average Bonchev–Trinajstić information content (AvgIpc) is 3.38. The predicted molar refractivity (Wildman–Crippen MR) is 100 cm³/mol. The second-order valence-electron chi connectivity index (χ2n) is 6.17. The third-order valence-corrected chi connectivity index (χ3v) is 5.83. The highest BCUT2D eigenvalue weighted by Gasteiger charge is 2.28. The summed E-state index contributed by atoms with van der Waals surface area (Å²) >= 11 is 5.98. The van der Waals surface area contributed by atoms with Gasteiger partial charge < -0.3 is 10.1 Å². The summed E-state index contributed by atoms with van der Waals surface area (Å²) in [6.07, 6.45) is 1.68. The molecule has 1 aliphatic carbocycles. The van der Waals surface area contributed by atoms with Gasteiger partial charge in [-0.2, -0.15) is 0 Å². The minimum Gasteiger partial charge on any atom is -0.495 e. The SMILES string of the molecule is COc1ccc(Cl)cc1NC(=O)c1cc(S(=O)(=O)NC2CC2)ccc1C. The number of methoxy groups -OCH3 is 1. The lowest BCUT2D eigenvalue weighted by Crippen LogP contribution is -2.26. The van der Waals surface area contributed by atoms with E-state index in [0.29, 0.717) is 22.0 Å². The topological polar surface area (TPSA) is 84.5 Å². The van der Waals surface area contributed by atoms with E-state index in [9.17, 15) is 13.2 Å². The van der Waals surface area contributed by atoms with Gasteiger partial charge in [0.15, 0.2) is 0 Å². The number of halogens is 1. The Morgan fingerprint density at radius 1 is 1.19 bits per heavy atom. The van der Waals surface area contributed by atoms with Crippen LogP contribution >= 0.6 is 11.6 Å². The summed E-state index contributed by atoms with van der Waals surface area (Å²) < 4.78 is 32.6. The van der Waals surface area contributed by atoms with Crippen molar-refractivity contribution in [1.29, 1.82) is 0 Å². The fraction of sp³-hybridized carbons (Fsp3) is 0.278. The van der Waals surface area contributed by atoms with Gasteiger partial charge in [0, 0.05) is 16.6 Å².